The van der Waals surface area contributed by atoms with Gasteiger partial charge in [0, 0.05) is 10.5 Å². The largest absolute Gasteiger partial charge is 0.507 e. The Kier molecular flexibility index (Phi) is 2.51. The van der Waals surface area contributed by atoms with Gasteiger partial charge < -0.3 is 5.11 Å². The van der Waals surface area contributed by atoms with Crippen LogP contribution in [0.4, 0.5) is 0 Å². The molecule has 2 heteroatoms. The Labute approximate surface area is 68.1 Å². The molecule has 1 aromatic rings. The third-order valence-corrected chi connectivity index (χ3v) is 1.61. The van der Waals surface area contributed by atoms with Gasteiger partial charge in [-0.15, -0.1) is 0 Å². The molecule has 0 aliphatic heterocycles. The van der Waals surface area contributed by atoms with E-state index in [1.54, 1.807) is 0 Å². The van der Waals surface area contributed by atoms with Crippen LogP contribution < -0.4 is 0 Å². The lowest BCUT2D eigenvalue weighted by molar-refractivity contribution is 0.513. The smallest absolute Gasteiger partial charge is 0.129 e. The number of aliphatic hydroxyl groups excluding tert-OH is 1. The summed E-state index contributed by atoms with van der Waals surface area (Å²) in [6.07, 6.45) is 0. The van der Waals surface area contributed by atoms with Crippen LogP contribution in [0.25, 0.3) is 5.76 Å². The first-order valence-electron chi connectivity index (χ1n) is 2.89. The third-order valence-electron chi connectivity index (χ3n) is 1.17. The van der Waals surface area contributed by atoms with Crippen LogP contribution in [0.5, 0.6) is 0 Å². The molecule has 10 heavy (non-hydrogen) atoms. The lowest BCUT2D eigenvalue weighted by atomic mass is 10.2. The van der Waals surface area contributed by atoms with Gasteiger partial charge in [-0.3, -0.25) is 0 Å². The van der Waals surface area contributed by atoms with Gasteiger partial charge in [0.25, 0.3) is 0 Å². The highest BCUT2D eigenvalue weighted by Gasteiger charge is 1.92. The Bertz CT molecular complexity index is 228. The number of aliphatic hydroxyl groups is 1. The number of benzene rings is 1. The summed E-state index contributed by atoms with van der Waals surface area (Å²) in [7, 11) is 0. The molecule has 0 spiro atoms. The van der Waals surface area contributed by atoms with E-state index in [0.717, 1.165) is 5.56 Å². The topological polar surface area (TPSA) is 20.2 Å². The van der Waals surface area contributed by atoms with E-state index in [9.17, 15) is 0 Å². The first-order chi connectivity index (χ1) is 4.84. The van der Waals surface area contributed by atoms with Gasteiger partial charge in [0.05, 0.1) is 0 Å². The van der Waals surface area contributed by atoms with E-state index < -0.39 is 0 Å². The predicted molar refractivity (Wildman–Crippen MR) is 46.0 cm³/mol. The SMILES string of the molecule is OC(=CBr)c1ccccc1. The summed E-state index contributed by atoms with van der Waals surface area (Å²) in [6.45, 7) is 0. The lowest BCUT2D eigenvalue weighted by Gasteiger charge is -1.95. The normalized spacial score (nSPS) is 11.5. The fraction of sp³-hybridized carbons (Fsp3) is 0. The monoisotopic (exact) mass is 198 g/mol. The van der Waals surface area contributed by atoms with E-state index in [4.69, 9.17) is 5.11 Å². The maximum Gasteiger partial charge on any atom is 0.129 e. The van der Waals surface area contributed by atoms with Crippen LogP contribution in [-0.2, 0) is 0 Å². The van der Waals surface area contributed by atoms with Gasteiger partial charge in [-0.05, 0) is 0 Å². The van der Waals surface area contributed by atoms with Crippen molar-refractivity contribution >= 4 is 21.7 Å². The van der Waals surface area contributed by atoms with E-state index in [1.165, 1.54) is 4.99 Å². The molecule has 0 radical (unpaired) electrons. The maximum absolute atomic E-state index is 9.14. The summed E-state index contributed by atoms with van der Waals surface area (Å²) in [4.78, 5) is 1.49. The van der Waals surface area contributed by atoms with Crippen LogP contribution in [0.3, 0.4) is 0 Å². The van der Waals surface area contributed by atoms with Crippen molar-refractivity contribution in [2.24, 2.45) is 0 Å². The molecule has 0 fully saturated rings. The van der Waals surface area contributed by atoms with Crippen LogP contribution in [0, 0.1) is 0 Å². The summed E-state index contributed by atoms with van der Waals surface area (Å²) in [6, 6.07) is 9.34. The van der Waals surface area contributed by atoms with Crippen LogP contribution >= 0.6 is 15.9 Å². The standard InChI is InChI=1S/C8H7BrO/c9-6-8(10)7-4-2-1-3-5-7/h1-6,10H. The predicted octanol–water partition coefficient (Wildman–Crippen LogP) is 2.94. The molecule has 0 atom stereocenters. The molecule has 0 amide bonds. The van der Waals surface area contributed by atoms with Crippen molar-refractivity contribution in [1.29, 1.82) is 0 Å². The molecule has 0 unspecified atom stereocenters. The van der Waals surface area contributed by atoms with E-state index in [1.807, 2.05) is 30.3 Å². The van der Waals surface area contributed by atoms with Crippen molar-refractivity contribution in [3.8, 4) is 0 Å². The van der Waals surface area contributed by atoms with Gasteiger partial charge in [-0.25, -0.2) is 0 Å². The molecule has 0 aromatic heterocycles. The fourth-order valence-electron chi connectivity index (χ4n) is 0.672. The minimum absolute atomic E-state index is 0.251. The molecular formula is C8H7BrO. The number of hydrogen-bond donors (Lipinski definition) is 1. The van der Waals surface area contributed by atoms with Crippen LogP contribution in [-0.4, -0.2) is 5.11 Å². The summed E-state index contributed by atoms with van der Waals surface area (Å²) < 4.78 is 0. The third kappa shape index (κ3) is 1.61. The van der Waals surface area contributed by atoms with Gasteiger partial charge in [0.1, 0.15) is 5.76 Å². The van der Waals surface area contributed by atoms with Crippen LogP contribution in [0.2, 0.25) is 0 Å². The first kappa shape index (κ1) is 7.35. The van der Waals surface area contributed by atoms with Gasteiger partial charge >= 0.3 is 0 Å². The zero-order valence-corrected chi connectivity index (χ0v) is 6.88. The van der Waals surface area contributed by atoms with E-state index in [0.29, 0.717) is 0 Å². The first-order valence-corrected chi connectivity index (χ1v) is 3.81. The van der Waals surface area contributed by atoms with Crippen molar-refractivity contribution in [1.82, 2.24) is 0 Å². The Morgan fingerprint density at radius 3 is 2.40 bits per heavy atom. The van der Waals surface area contributed by atoms with Crippen molar-refractivity contribution in [3.05, 3.63) is 40.9 Å². The van der Waals surface area contributed by atoms with Crippen molar-refractivity contribution < 1.29 is 5.11 Å². The molecule has 0 aliphatic rings. The van der Waals surface area contributed by atoms with E-state index >= 15 is 0 Å². The van der Waals surface area contributed by atoms with Crippen molar-refractivity contribution in [3.63, 3.8) is 0 Å². The van der Waals surface area contributed by atoms with Gasteiger partial charge in [-0.2, -0.15) is 0 Å². The summed E-state index contributed by atoms with van der Waals surface area (Å²) in [5.41, 5.74) is 0.819. The van der Waals surface area contributed by atoms with Gasteiger partial charge in [-0.1, -0.05) is 46.3 Å². The molecule has 0 heterocycles. The van der Waals surface area contributed by atoms with E-state index in [-0.39, 0.29) is 5.76 Å². The Morgan fingerprint density at radius 1 is 1.30 bits per heavy atom. The molecule has 0 saturated carbocycles. The van der Waals surface area contributed by atoms with Crippen LogP contribution in [0.1, 0.15) is 5.56 Å². The molecule has 0 bridgehead atoms. The maximum atomic E-state index is 9.14. The molecule has 1 rings (SSSR count). The molecule has 52 valence electrons. The number of halogens is 1. The average Bonchev–Trinajstić information content (AvgIpc) is 2.05. The van der Waals surface area contributed by atoms with Crippen LogP contribution in [0.15, 0.2) is 35.3 Å². The highest BCUT2D eigenvalue weighted by atomic mass is 79.9. The van der Waals surface area contributed by atoms with Gasteiger partial charge in [0.2, 0.25) is 0 Å². The second-order valence-electron chi connectivity index (χ2n) is 1.86. The number of hydrogen-bond acceptors (Lipinski definition) is 1. The summed E-state index contributed by atoms with van der Waals surface area (Å²) in [5, 5.41) is 9.14. The lowest BCUT2D eigenvalue weighted by Crippen LogP contribution is -1.77. The zero-order chi connectivity index (χ0) is 7.40. The Hall–Kier alpha value is -0.760. The molecular weight excluding hydrogens is 192 g/mol. The molecule has 0 saturated heterocycles. The molecule has 1 aromatic carbocycles. The molecule has 1 N–H and O–H groups in total. The second-order valence-corrected chi connectivity index (χ2v) is 2.32. The fourth-order valence-corrected chi connectivity index (χ4v) is 0.936. The van der Waals surface area contributed by atoms with Crippen molar-refractivity contribution in [2.45, 2.75) is 0 Å². The molecule has 0 aliphatic carbocycles. The highest BCUT2D eigenvalue weighted by Crippen LogP contribution is 2.11. The summed E-state index contributed by atoms with van der Waals surface area (Å²) in [5.74, 6) is 0.251. The Balaban J connectivity index is 2.96. The zero-order valence-electron chi connectivity index (χ0n) is 5.29. The Morgan fingerprint density at radius 2 is 1.90 bits per heavy atom. The minimum Gasteiger partial charge on any atom is -0.507 e. The average molecular weight is 199 g/mol. The van der Waals surface area contributed by atoms with Gasteiger partial charge in [0.15, 0.2) is 0 Å². The second kappa shape index (κ2) is 3.42. The number of rotatable bonds is 1. The quantitative estimate of drug-likeness (QED) is 0.689. The van der Waals surface area contributed by atoms with E-state index in [2.05, 4.69) is 15.9 Å². The highest BCUT2D eigenvalue weighted by molar-refractivity contribution is 9.11. The van der Waals surface area contributed by atoms with Crippen molar-refractivity contribution in [2.75, 3.05) is 0 Å². The minimum atomic E-state index is 0.251. The summed E-state index contributed by atoms with van der Waals surface area (Å²) >= 11 is 3.04. The molecule has 1 nitrogen and oxygen atoms in total.